The quantitative estimate of drug-likeness (QED) is 0.105. The molecule has 0 aliphatic rings. The van der Waals surface area contributed by atoms with Crippen molar-refractivity contribution in [1.82, 2.24) is 5.43 Å². The Morgan fingerprint density at radius 2 is 1.59 bits per heavy atom. The molecular weight excluding hydrogens is 564 g/mol. The molecule has 0 aromatic heterocycles. The second-order valence-electron chi connectivity index (χ2n) is 8.14. The van der Waals surface area contributed by atoms with Crippen molar-refractivity contribution in [3.05, 3.63) is 118 Å². The minimum atomic E-state index is -0.538. The predicted octanol–water partition coefficient (Wildman–Crippen LogP) is 6.03. The zero-order valence-corrected chi connectivity index (χ0v) is 22.8. The van der Waals surface area contributed by atoms with Crippen molar-refractivity contribution >= 4 is 34.0 Å². The third-order valence-electron chi connectivity index (χ3n) is 5.52. The Bertz CT molecular complexity index is 1470. The van der Waals surface area contributed by atoms with E-state index in [1.165, 1.54) is 13.3 Å². The molecule has 1 amide bonds. The van der Waals surface area contributed by atoms with E-state index in [4.69, 9.17) is 18.9 Å². The number of hydrazone groups is 1. The van der Waals surface area contributed by atoms with Gasteiger partial charge in [0.25, 0.3) is 5.91 Å². The van der Waals surface area contributed by atoms with Gasteiger partial charge in [0.2, 0.25) is 0 Å². The summed E-state index contributed by atoms with van der Waals surface area (Å²) in [5, 5.41) is 4.07. The molecule has 4 aromatic carbocycles. The number of nitrogens with zero attached hydrogens (tertiary/aromatic N) is 1. The molecule has 0 heterocycles. The smallest absolute Gasteiger partial charge is 0.343 e. The summed E-state index contributed by atoms with van der Waals surface area (Å²) in [6.07, 6.45) is 1.46. The Labute approximate surface area is 234 Å². The van der Waals surface area contributed by atoms with Crippen LogP contribution in [0.25, 0.3) is 0 Å². The molecule has 0 saturated heterocycles. The van der Waals surface area contributed by atoms with Crippen LogP contribution in [0, 0.1) is 0 Å². The van der Waals surface area contributed by atoms with Gasteiger partial charge in [-0.2, -0.15) is 5.10 Å². The average Bonchev–Trinajstić information content (AvgIpc) is 2.97. The standard InChI is InChI=1S/C30H25BrN2O6/c1-36-24-12-9-22(10-13-24)30(35)39-27-14-8-21(16-28(27)37-2)18-32-33-29(34)25-17-23(31)11-15-26(25)38-19-20-6-4-3-5-7-20/h3-18H,19H2,1-2H3,(H,33,34). The van der Waals surface area contributed by atoms with Crippen molar-refractivity contribution in [1.29, 1.82) is 0 Å². The molecule has 9 heteroatoms. The number of hydrogen-bond acceptors (Lipinski definition) is 7. The normalized spacial score (nSPS) is 10.6. The molecular formula is C30H25BrN2O6. The van der Waals surface area contributed by atoms with E-state index >= 15 is 0 Å². The van der Waals surface area contributed by atoms with Crippen molar-refractivity contribution in [3.63, 3.8) is 0 Å². The maximum absolute atomic E-state index is 12.9. The fourth-order valence-corrected chi connectivity index (χ4v) is 3.86. The number of ether oxygens (including phenoxy) is 4. The van der Waals surface area contributed by atoms with Gasteiger partial charge in [-0.3, -0.25) is 4.79 Å². The van der Waals surface area contributed by atoms with Gasteiger partial charge in [-0.25, -0.2) is 10.2 Å². The number of amides is 1. The average molecular weight is 589 g/mol. The minimum absolute atomic E-state index is 0.244. The Morgan fingerprint density at radius 1 is 0.846 bits per heavy atom. The van der Waals surface area contributed by atoms with E-state index in [1.807, 2.05) is 30.3 Å². The highest BCUT2D eigenvalue weighted by Gasteiger charge is 2.15. The third kappa shape index (κ3) is 7.45. The van der Waals surface area contributed by atoms with Gasteiger partial charge in [-0.1, -0.05) is 46.3 Å². The van der Waals surface area contributed by atoms with Gasteiger partial charge in [0.15, 0.2) is 11.5 Å². The maximum Gasteiger partial charge on any atom is 0.343 e. The first-order chi connectivity index (χ1) is 19.0. The molecule has 1 N–H and O–H groups in total. The lowest BCUT2D eigenvalue weighted by Crippen LogP contribution is -2.19. The highest BCUT2D eigenvalue weighted by atomic mass is 79.9. The molecule has 39 heavy (non-hydrogen) atoms. The van der Waals surface area contributed by atoms with E-state index in [9.17, 15) is 9.59 Å². The first kappa shape index (κ1) is 27.4. The molecule has 4 aromatic rings. The van der Waals surface area contributed by atoms with Crippen LogP contribution in [0.15, 0.2) is 101 Å². The second kappa shape index (κ2) is 13.3. The number of hydrogen-bond donors (Lipinski definition) is 1. The fourth-order valence-electron chi connectivity index (χ4n) is 3.50. The largest absolute Gasteiger partial charge is 0.497 e. The van der Waals surface area contributed by atoms with Crippen LogP contribution in [-0.2, 0) is 6.61 Å². The minimum Gasteiger partial charge on any atom is -0.497 e. The number of esters is 1. The van der Waals surface area contributed by atoms with Crippen molar-refractivity contribution < 1.29 is 28.5 Å². The van der Waals surface area contributed by atoms with Crippen molar-refractivity contribution in [2.24, 2.45) is 5.10 Å². The van der Waals surface area contributed by atoms with E-state index in [0.717, 1.165) is 10.0 Å². The molecule has 0 fully saturated rings. The fraction of sp³-hybridized carbons (Fsp3) is 0.100. The van der Waals surface area contributed by atoms with Crippen LogP contribution in [-0.4, -0.2) is 32.3 Å². The van der Waals surface area contributed by atoms with Gasteiger partial charge in [-0.15, -0.1) is 0 Å². The topological polar surface area (TPSA) is 95.5 Å². The summed E-state index contributed by atoms with van der Waals surface area (Å²) < 4.78 is 22.6. The summed E-state index contributed by atoms with van der Waals surface area (Å²) in [6.45, 7) is 0.321. The molecule has 0 radical (unpaired) electrons. The van der Waals surface area contributed by atoms with Gasteiger partial charge in [0.05, 0.1) is 31.6 Å². The molecule has 0 aliphatic carbocycles. The first-order valence-electron chi connectivity index (χ1n) is 11.8. The summed E-state index contributed by atoms with van der Waals surface area (Å²) in [4.78, 5) is 25.4. The Balaban J connectivity index is 1.41. The molecule has 0 aliphatic heterocycles. The number of carbonyl (C=O) groups is 2. The lowest BCUT2D eigenvalue weighted by Gasteiger charge is -2.11. The van der Waals surface area contributed by atoms with Crippen molar-refractivity contribution in [3.8, 4) is 23.0 Å². The molecule has 8 nitrogen and oxygen atoms in total. The maximum atomic E-state index is 12.9. The van der Waals surface area contributed by atoms with Crippen LogP contribution in [0.3, 0.4) is 0 Å². The zero-order valence-electron chi connectivity index (χ0n) is 21.2. The molecule has 0 bridgehead atoms. The highest BCUT2D eigenvalue weighted by Crippen LogP contribution is 2.29. The Morgan fingerprint density at radius 3 is 2.31 bits per heavy atom. The Kier molecular flexibility index (Phi) is 9.31. The second-order valence-corrected chi connectivity index (χ2v) is 9.06. The number of benzene rings is 4. The third-order valence-corrected chi connectivity index (χ3v) is 6.01. The van der Waals surface area contributed by atoms with E-state index in [-0.39, 0.29) is 5.75 Å². The van der Waals surface area contributed by atoms with Crippen LogP contribution < -0.4 is 24.4 Å². The van der Waals surface area contributed by atoms with Gasteiger partial charge >= 0.3 is 5.97 Å². The number of nitrogens with one attached hydrogen (secondary N) is 1. The lowest BCUT2D eigenvalue weighted by molar-refractivity contribution is 0.0729. The van der Waals surface area contributed by atoms with E-state index < -0.39 is 11.9 Å². The number of methoxy groups -OCH3 is 2. The van der Waals surface area contributed by atoms with Crippen LogP contribution in [0.5, 0.6) is 23.0 Å². The molecule has 0 atom stereocenters. The molecule has 198 valence electrons. The van der Waals surface area contributed by atoms with Gasteiger partial charge in [0.1, 0.15) is 18.1 Å². The van der Waals surface area contributed by atoms with E-state index in [2.05, 4.69) is 26.5 Å². The van der Waals surface area contributed by atoms with Gasteiger partial charge in [-0.05, 0) is 71.8 Å². The van der Waals surface area contributed by atoms with Crippen LogP contribution >= 0.6 is 15.9 Å². The summed E-state index contributed by atoms with van der Waals surface area (Å²) >= 11 is 3.40. The molecule has 0 saturated carbocycles. The summed E-state index contributed by atoms with van der Waals surface area (Å²) in [5.41, 5.74) is 4.82. The van der Waals surface area contributed by atoms with Crippen LogP contribution in [0.2, 0.25) is 0 Å². The molecule has 4 rings (SSSR count). The summed E-state index contributed by atoms with van der Waals surface area (Å²) in [5.74, 6) is 0.663. The van der Waals surface area contributed by atoms with Crippen molar-refractivity contribution in [2.45, 2.75) is 6.61 Å². The monoisotopic (exact) mass is 588 g/mol. The van der Waals surface area contributed by atoms with E-state index in [1.54, 1.807) is 67.8 Å². The SMILES string of the molecule is COc1ccc(C(=O)Oc2ccc(C=NNC(=O)c3cc(Br)ccc3OCc3ccccc3)cc2OC)cc1. The van der Waals surface area contributed by atoms with E-state index in [0.29, 0.717) is 40.5 Å². The first-order valence-corrected chi connectivity index (χ1v) is 12.6. The van der Waals surface area contributed by atoms with Crippen molar-refractivity contribution in [2.75, 3.05) is 14.2 Å². The zero-order chi connectivity index (χ0) is 27.6. The van der Waals surface area contributed by atoms with Crippen LogP contribution in [0.1, 0.15) is 31.8 Å². The Hall–Kier alpha value is -4.63. The lowest BCUT2D eigenvalue weighted by atomic mass is 10.2. The summed E-state index contributed by atoms with van der Waals surface area (Å²) in [6, 6.07) is 26.4. The van der Waals surface area contributed by atoms with Gasteiger partial charge < -0.3 is 18.9 Å². The molecule has 0 unspecified atom stereocenters. The number of halogens is 1. The van der Waals surface area contributed by atoms with Crippen LogP contribution in [0.4, 0.5) is 0 Å². The number of rotatable bonds is 10. The summed E-state index contributed by atoms with van der Waals surface area (Å²) in [7, 11) is 3.01. The van der Waals surface area contributed by atoms with Gasteiger partial charge in [0, 0.05) is 4.47 Å². The molecule has 0 spiro atoms. The number of carbonyl (C=O) groups excluding carboxylic acids is 2. The predicted molar refractivity (Wildman–Crippen MR) is 151 cm³/mol. The highest BCUT2D eigenvalue weighted by molar-refractivity contribution is 9.10.